The molecule has 1 aromatic carbocycles. The Hall–Kier alpha value is -2.17. The highest BCUT2D eigenvalue weighted by molar-refractivity contribution is 6.11. The third kappa shape index (κ3) is 2.71. The van der Waals surface area contributed by atoms with Crippen molar-refractivity contribution in [2.75, 3.05) is 14.2 Å². The van der Waals surface area contributed by atoms with Gasteiger partial charge in [0, 0.05) is 12.3 Å². The lowest BCUT2D eigenvalue weighted by Gasteiger charge is -2.28. The normalized spacial score (nSPS) is 22.5. The zero-order chi connectivity index (χ0) is 14.7. The molecule has 1 saturated carbocycles. The molecule has 0 unspecified atom stereocenters. The van der Waals surface area contributed by atoms with Gasteiger partial charge in [-0.2, -0.15) is 0 Å². The van der Waals surface area contributed by atoms with Crippen LogP contribution in [0.25, 0.3) is 0 Å². The van der Waals surface area contributed by atoms with Crippen molar-refractivity contribution < 1.29 is 23.9 Å². The van der Waals surface area contributed by atoms with Crippen LogP contribution in [0, 0.1) is 5.92 Å². The Kier molecular flexibility index (Phi) is 4.17. The minimum atomic E-state index is -0.897. The van der Waals surface area contributed by atoms with Gasteiger partial charge >= 0.3 is 5.97 Å². The number of hydrogen-bond acceptors (Lipinski definition) is 5. The molecule has 2 rings (SSSR count). The van der Waals surface area contributed by atoms with Crippen molar-refractivity contribution in [3.8, 4) is 5.75 Å². The number of carbonyl (C=O) groups excluding carboxylic acids is 3. The Labute approximate surface area is 116 Å². The highest BCUT2D eigenvalue weighted by Crippen LogP contribution is 2.35. The number of methoxy groups -OCH3 is 2. The van der Waals surface area contributed by atoms with Gasteiger partial charge in [0.2, 0.25) is 0 Å². The van der Waals surface area contributed by atoms with Crippen LogP contribution in [-0.4, -0.2) is 31.8 Å². The lowest BCUT2D eigenvalue weighted by Crippen LogP contribution is -2.37. The number of hydrogen-bond donors (Lipinski definition) is 0. The maximum absolute atomic E-state index is 12.0. The lowest BCUT2D eigenvalue weighted by molar-refractivity contribution is -0.152. The van der Waals surface area contributed by atoms with Crippen LogP contribution in [0.1, 0.15) is 24.3 Å². The number of rotatable bonds is 3. The van der Waals surface area contributed by atoms with Crippen LogP contribution in [-0.2, 0) is 19.1 Å². The smallest absolute Gasteiger partial charge is 0.316 e. The van der Waals surface area contributed by atoms with Gasteiger partial charge in [-0.25, -0.2) is 0 Å². The average molecular weight is 276 g/mol. The first-order chi connectivity index (χ1) is 9.56. The average Bonchev–Trinajstić information content (AvgIpc) is 2.46. The molecule has 2 atom stereocenters. The SMILES string of the molecule is COC(=O)[C@@H]1C(=O)CC(=O)C[C@H]1c1ccc(OC)cc1. The van der Waals surface area contributed by atoms with Crippen molar-refractivity contribution >= 4 is 17.5 Å². The Morgan fingerprint density at radius 2 is 1.80 bits per heavy atom. The highest BCUT2D eigenvalue weighted by atomic mass is 16.5. The minimum absolute atomic E-state index is 0.143. The van der Waals surface area contributed by atoms with Crippen LogP contribution in [0.5, 0.6) is 5.75 Å². The van der Waals surface area contributed by atoms with Crippen LogP contribution >= 0.6 is 0 Å². The van der Waals surface area contributed by atoms with Crippen LogP contribution in [0.3, 0.4) is 0 Å². The van der Waals surface area contributed by atoms with E-state index in [1.54, 1.807) is 31.4 Å². The van der Waals surface area contributed by atoms with Gasteiger partial charge in [-0.3, -0.25) is 14.4 Å². The van der Waals surface area contributed by atoms with Gasteiger partial charge in [0.1, 0.15) is 17.5 Å². The fourth-order valence-corrected chi connectivity index (χ4v) is 2.55. The maximum Gasteiger partial charge on any atom is 0.316 e. The van der Waals surface area contributed by atoms with Crippen LogP contribution in [0.15, 0.2) is 24.3 Å². The van der Waals surface area contributed by atoms with Crippen molar-refractivity contribution in [3.63, 3.8) is 0 Å². The van der Waals surface area contributed by atoms with Gasteiger partial charge in [-0.1, -0.05) is 12.1 Å². The molecule has 0 aromatic heterocycles. The standard InChI is InChI=1S/C15H16O5/c1-19-11-5-3-9(4-6-11)12-7-10(16)8-13(17)14(12)15(18)20-2/h3-6,12,14H,7-8H2,1-2H3/t12-,14-/m0/s1. The van der Waals surface area contributed by atoms with E-state index in [4.69, 9.17) is 9.47 Å². The van der Waals surface area contributed by atoms with E-state index in [0.29, 0.717) is 5.75 Å². The molecule has 0 spiro atoms. The number of ether oxygens (including phenoxy) is 2. The predicted octanol–water partition coefficient (Wildman–Crippen LogP) is 1.50. The lowest BCUT2D eigenvalue weighted by atomic mass is 9.74. The van der Waals surface area contributed by atoms with Crippen LogP contribution in [0.4, 0.5) is 0 Å². The number of esters is 1. The second kappa shape index (κ2) is 5.86. The number of carbonyl (C=O) groups is 3. The zero-order valence-corrected chi connectivity index (χ0v) is 11.4. The van der Waals surface area contributed by atoms with Gasteiger partial charge < -0.3 is 9.47 Å². The number of Topliss-reactive ketones (excluding diaryl/α,β-unsaturated/α-hetero) is 2. The first kappa shape index (κ1) is 14.2. The molecule has 20 heavy (non-hydrogen) atoms. The predicted molar refractivity (Wildman–Crippen MR) is 70.5 cm³/mol. The molecule has 0 bridgehead atoms. The molecule has 1 aliphatic carbocycles. The first-order valence-electron chi connectivity index (χ1n) is 6.33. The fraction of sp³-hybridized carbons (Fsp3) is 0.400. The van der Waals surface area contributed by atoms with E-state index in [1.165, 1.54) is 7.11 Å². The third-order valence-corrected chi connectivity index (χ3v) is 3.57. The van der Waals surface area contributed by atoms with Crippen molar-refractivity contribution in [2.24, 2.45) is 5.92 Å². The fourth-order valence-electron chi connectivity index (χ4n) is 2.55. The molecular weight excluding hydrogens is 260 g/mol. The van der Waals surface area contributed by atoms with Crippen LogP contribution in [0.2, 0.25) is 0 Å². The molecule has 1 aliphatic rings. The quantitative estimate of drug-likeness (QED) is 0.618. The third-order valence-electron chi connectivity index (χ3n) is 3.57. The highest BCUT2D eigenvalue weighted by Gasteiger charge is 2.42. The summed E-state index contributed by atoms with van der Waals surface area (Å²) in [5.74, 6) is -1.77. The molecule has 0 heterocycles. The van der Waals surface area contributed by atoms with Crippen molar-refractivity contribution in [3.05, 3.63) is 29.8 Å². The second-order valence-corrected chi connectivity index (χ2v) is 4.77. The molecule has 0 N–H and O–H groups in total. The van der Waals surface area contributed by atoms with E-state index in [1.807, 2.05) is 0 Å². The Morgan fingerprint density at radius 1 is 1.15 bits per heavy atom. The summed E-state index contributed by atoms with van der Waals surface area (Å²) >= 11 is 0. The van der Waals surface area contributed by atoms with E-state index in [0.717, 1.165) is 5.56 Å². The van der Waals surface area contributed by atoms with Crippen LogP contribution < -0.4 is 4.74 Å². The molecule has 0 amide bonds. The van der Waals surface area contributed by atoms with E-state index in [2.05, 4.69) is 0 Å². The van der Waals surface area contributed by atoms with Gasteiger partial charge in [-0.05, 0) is 17.7 Å². The monoisotopic (exact) mass is 276 g/mol. The molecule has 5 nitrogen and oxygen atoms in total. The Morgan fingerprint density at radius 3 is 2.35 bits per heavy atom. The van der Waals surface area contributed by atoms with Gasteiger partial charge in [-0.15, -0.1) is 0 Å². The molecule has 0 saturated heterocycles. The van der Waals surface area contributed by atoms with Gasteiger partial charge in [0.25, 0.3) is 0 Å². The van der Waals surface area contributed by atoms with Crippen molar-refractivity contribution in [2.45, 2.75) is 18.8 Å². The van der Waals surface area contributed by atoms with E-state index in [-0.39, 0.29) is 24.4 Å². The van der Waals surface area contributed by atoms with E-state index in [9.17, 15) is 14.4 Å². The molecule has 0 radical (unpaired) electrons. The number of benzene rings is 1. The summed E-state index contributed by atoms with van der Waals surface area (Å²) in [7, 11) is 2.80. The summed E-state index contributed by atoms with van der Waals surface area (Å²) in [6.07, 6.45) is -0.00967. The maximum atomic E-state index is 12.0. The molecule has 5 heteroatoms. The summed E-state index contributed by atoms with van der Waals surface area (Å²) in [5, 5.41) is 0. The summed E-state index contributed by atoms with van der Waals surface area (Å²) in [6.45, 7) is 0. The molecule has 106 valence electrons. The van der Waals surface area contributed by atoms with Crippen molar-refractivity contribution in [1.29, 1.82) is 0 Å². The topological polar surface area (TPSA) is 69.7 Å². The van der Waals surface area contributed by atoms with E-state index < -0.39 is 17.8 Å². The largest absolute Gasteiger partial charge is 0.497 e. The Balaban J connectivity index is 2.34. The minimum Gasteiger partial charge on any atom is -0.497 e. The molecular formula is C15H16O5. The summed E-state index contributed by atoms with van der Waals surface area (Å²) in [6, 6.07) is 7.02. The van der Waals surface area contributed by atoms with Gasteiger partial charge in [0.15, 0.2) is 5.78 Å². The molecule has 0 aliphatic heterocycles. The summed E-state index contributed by atoms with van der Waals surface area (Å²) in [4.78, 5) is 35.4. The van der Waals surface area contributed by atoms with E-state index >= 15 is 0 Å². The molecule has 1 fully saturated rings. The second-order valence-electron chi connectivity index (χ2n) is 4.77. The zero-order valence-electron chi connectivity index (χ0n) is 11.4. The summed E-state index contributed by atoms with van der Waals surface area (Å²) in [5.41, 5.74) is 0.766. The first-order valence-corrected chi connectivity index (χ1v) is 6.33. The van der Waals surface area contributed by atoms with Crippen molar-refractivity contribution in [1.82, 2.24) is 0 Å². The Bertz CT molecular complexity index is 532. The van der Waals surface area contributed by atoms with Gasteiger partial charge in [0.05, 0.1) is 20.6 Å². The molecule has 1 aromatic rings. The summed E-state index contributed by atoms with van der Waals surface area (Å²) < 4.78 is 9.76. The number of ketones is 2.